The second kappa shape index (κ2) is 5.79. The van der Waals surface area contributed by atoms with Crippen molar-refractivity contribution in [2.45, 2.75) is 0 Å². The number of hydrogen-bond acceptors (Lipinski definition) is 3. The Morgan fingerprint density at radius 2 is 2.00 bits per heavy atom. The molecule has 0 saturated carbocycles. The van der Waals surface area contributed by atoms with E-state index in [1.807, 2.05) is 0 Å². The lowest BCUT2D eigenvalue weighted by molar-refractivity contribution is 0.0690. The summed E-state index contributed by atoms with van der Waals surface area (Å²) in [7, 11) is 0. The lowest BCUT2D eigenvalue weighted by Crippen LogP contribution is -2.14. The smallest absolute Gasteiger partial charge is 0.354 e. The molecule has 20 heavy (non-hydrogen) atoms. The summed E-state index contributed by atoms with van der Waals surface area (Å²) in [4.78, 5) is 26.5. The van der Waals surface area contributed by atoms with E-state index in [4.69, 9.17) is 5.11 Å². The lowest BCUT2D eigenvalue weighted by atomic mass is 10.2. The van der Waals surface area contributed by atoms with E-state index in [0.29, 0.717) is 4.47 Å². The Labute approximate surface area is 121 Å². The SMILES string of the molecule is O=C(O)c1cccc(NC(=O)c2ccc(F)cc2Br)n1. The molecule has 0 aliphatic heterocycles. The highest BCUT2D eigenvalue weighted by Crippen LogP contribution is 2.19. The number of halogens is 2. The highest BCUT2D eigenvalue weighted by atomic mass is 79.9. The highest BCUT2D eigenvalue weighted by molar-refractivity contribution is 9.10. The molecule has 1 heterocycles. The normalized spacial score (nSPS) is 10.1. The third kappa shape index (κ3) is 3.18. The fourth-order valence-corrected chi connectivity index (χ4v) is 2.01. The molecule has 2 aromatic rings. The van der Waals surface area contributed by atoms with E-state index in [2.05, 4.69) is 26.2 Å². The minimum Gasteiger partial charge on any atom is -0.477 e. The van der Waals surface area contributed by atoms with Gasteiger partial charge < -0.3 is 10.4 Å². The van der Waals surface area contributed by atoms with Crippen LogP contribution in [0.5, 0.6) is 0 Å². The van der Waals surface area contributed by atoms with Crippen molar-refractivity contribution in [1.29, 1.82) is 0 Å². The van der Waals surface area contributed by atoms with Crippen molar-refractivity contribution in [3.8, 4) is 0 Å². The molecule has 2 rings (SSSR count). The minimum absolute atomic E-state index is 0.103. The number of pyridine rings is 1. The summed E-state index contributed by atoms with van der Waals surface area (Å²) in [6.45, 7) is 0. The van der Waals surface area contributed by atoms with Gasteiger partial charge >= 0.3 is 5.97 Å². The Balaban J connectivity index is 2.23. The number of aromatic nitrogens is 1. The van der Waals surface area contributed by atoms with Gasteiger partial charge in [-0.1, -0.05) is 6.07 Å². The van der Waals surface area contributed by atoms with Crippen LogP contribution in [0.2, 0.25) is 0 Å². The summed E-state index contributed by atoms with van der Waals surface area (Å²) < 4.78 is 13.2. The van der Waals surface area contributed by atoms with Crippen LogP contribution in [-0.4, -0.2) is 22.0 Å². The van der Waals surface area contributed by atoms with E-state index in [1.165, 1.54) is 24.3 Å². The van der Waals surface area contributed by atoms with Crippen LogP contribution < -0.4 is 5.32 Å². The van der Waals surface area contributed by atoms with Crippen LogP contribution in [0.25, 0.3) is 0 Å². The van der Waals surface area contributed by atoms with Gasteiger partial charge in [0.25, 0.3) is 5.91 Å². The molecule has 5 nitrogen and oxygen atoms in total. The zero-order valence-electron chi connectivity index (χ0n) is 9.93. The Bertz CT molecular complexity index is 691. The summed E-state index contributed by atoms with van der Waals surface area (Å²) >= 11 is 3.08. The Hall–Kier alpha value is -2.28. The fraction of sp³-hybridized carbons (Fsp3) is 0. The van der Waals surface area contributed by atoms with Crippen LogP contribution in [0.3, 0.4) is 0 Å². The van der Waals surface area contributed by atoms with Crippen molar-refractivity contribution < 1.29 is 19.1 Å². The number of carboxylic acids is 1. The monoisotopic (exact) mass is 338 g/mol. The molecule has 0 spiro atoms. The summed E-state index contributed by atoms with van der Waals surface area (Å²) in [5.74, 6) is -2.08. The van der Waals surface area contributed by atoms with Gasteiger partial charge in [-0.3, -0.25) is 4.79 Å². The number of aromatic carboxylic acids is 1. The van der Waals surface area contributed by atoms with Crippen molar-refractivity contribution in [3.05, 3.63) is 57.9 Å². The average Bonchev–Trinajstić information content (AvgIpc) is 2.38. The van der Waals surface area contributed by atoms with E-state index in [0.717, 1.165) is 12.1 Å². The zero-order chi connectivity index (χ0) is 14.7. The third-order valence-electron chi connectivity index (χ3n) is 2.39. The van der Waals surface area contributed by atoms with Gasteiger partial charge in [0.1, 0.15) is 11.6 Å². The first-order chi connectivity index (χ1) is 9.47. The topological polar surface area (TPSA) is 79.3 Å². The molecule has 1 amide bonds. The molecular weight excluding hydrogens is 331 g/mol. The standard InChI is InChI=1S/C13H8BrFN2O3/c14-9-6-7(15)4-5-8(9)12(18)17-11-3-1-2-10(16-11)13(19)20/h1-6H,(H,19,20)(H,16,17,18). The number of anilines is 1. The second-order valence-corrected chi connectivity index (χ2v) is 4.65. The van der Waals surface area contributed by atoms with E-state index in [1.54, 1.807) is 0 Å². The van der Waals surface area contributed by atoms with Crippen LogP contribution in [0.1, 0.15) is 20.8 Å². The predicted molar refractivity (Wildman–Crippen MR) is 73.2 cm³/mol. The molecular formula is C13H8BrFN2O3. The molecule has 0 bridgehead atoms. The van der Waals surface area contributed by atoms with Gasteiger partial charge in [-0.05, 0) is 46.3 Å². The van der Waals surface area contributed by atoms with Crippen molar-refractivity contribution in [2.75, 3.05) is 5.32 Å². The maximum Gasteiger partial charge on any atom is 0.354 e. The van der Waals surface area contributed by atoms with E-state index < -0.39 is 17.7 Å². The van der Waals surface area contributed by atoms with Crippen molar-refractivity contribution in [3.63, 3.8) is 0 Å². The number of carbonyl (C=O) groups excluding carboxylic acids is 1. The molecule has 0 radical (unpaired) electrons. The number of carboxylic acid groups (broad SMARTS) is 1. The van der Waals surface area contributed by atoms with Gasteiger partial charge in [0.15, 0.2) is 5.69 Å². The second-order valence-electron chi connectivity index (χ2n) is 3.79. The predicted octanol–water partition coefficient (Wildman–Crippen LogP) is 2.93. The Morgan fingerprint density at radius 1 is 1.25 bits per heavy atom. The average molecular weight is 339 g/mol. The first kappa shape index (κ1) is 14.1. The molecule has 2 N–H and O–H groups in total. The number of nitrogens with one attached hydrogen (secondary N) is 1. The van der Waals surface area contributed by atoms with Gasteiger partial charge in [0.05, 0.1) is 5.56 Å². The molecule has 0 aliphatic rings. The first-order valence-corrected chi connectivity index (χ1v) is 6.23. The number of benzene rings is 1. The number of amides is 1. The molecule has 1 aromatic carbocycles. The number of hydrogen-bond donors (Lipinski definition) is 2. The molecule has 102 valence electrons. The van der Waals surface area contributed by atoms with Crippen molar-refractivity contribution in [1.82, 2.24) is 4.98 Å². The molecule has 0 atom stereocenters. The quantitative estimate of drug-likeness (QED) is 0.901. The van der Waals surface area contributed by atoms with Crippen LogP contribution in [0, 0.1) is 5.82 Å². The number of rotatable bonds is 3. The summed E-state index contributed by atoms with van der Waals surface area (Å²) in [5.41, 5.74) is 0.0369. The number of carbonyl (C=O) groups is 2. The van der Waals surface area contributed by atoms with Gasteiger partial charge in [-0.25, -0.2) is 14.2 Å². The van der Waals surface area contributed by atoms with E-state index in [9.17, 15) is 14.0 Å². The van der Waals surface area contributed by atoms with E-state index >= 15 is 0 Å². The highest BCUT2D eigenvalue weighted by Gasteiger charge is 2.12. The minimum atomic E-state index is -1.19. The third-order valence-corrected chi connectivity index (χ3v) is 3.04. The van der Waals surface area contributed by atoms with Crippen LogP contribution in [0.15, 0.2) is 40.9 Å². The molecule has 0 saturated heterocycles. The Morgan fingerprint density at radius 3 is 2.65 bits per heavy atom. The van der Waals surface area contributed by atoms with Crippen LogP contribution in [0.4, 0.5) is 10.2 Å². The Kier molecular flexibility index (Phi) is 4.09. The zero-order valence-corrected chi connectivity index (χ0v) is 11.5. The van der Waals surface area contributed by atoms with Crippen LogP contribution >= 0.6 is 15.9 Å². The lowest BCUT2D eigenvalue weighted by Gasteiger charge is -2.06. The van der Waals surface area contributed by atoms with Crippen molar-refractivity contribution in [2.24, 2.45) is 0 Å². The summed E-state index contributed by atoms with van der Waals surface area (Å²) in [6, 6.07) is 7.87. The summed E-state index contributed by atoms with van der Waals surface area (Å²) in [5, 5.41) is 11.3. The number of nitrogens with zero attached hydrogens (tertiary/aromatic N) is 1. The summed E-state index contributed by atoms with van der Waals surface area (Å²) in [6.07, 6.45) is 0. The fourth-order valence-electron chi connectivity index (χ4n) is 1.48. The van der Waals surface area contributed by atoms with Crippen LogP contribution in [-0.2, 0) is 0 Å². The molecule has 7 heteroatoms. The largest absolute Gasteiger partial charge is 0.477 e. The maximum atomic E-state index is 12.9. The first-order valence-electron chi connectivity index (χ1n) is 5.44. The van der Waals surface area contributed by atoms with Gasteiger partial charge in [-0.2, -0.15) is 0 Å². The van der Waals surface area contributed by atoms with Gasteiger partial charge in [-0.15, -0.1) is 0 Å². The molecule has 0 fully saturated rings. The molecule has 0 aliphatic carbocycles. The van der Waals surface area contributed by atoms with E-state index in [-0.39, 0.29) is 17.1 Å². The molecule has 1 aromatic heterocycles. The maximum absolute atomic E-state index is 12.9. The van der Waals surface area contributed by atoms with Gasteiger partial charge in [0, 0.05) is 4.47 Å². The molecule has 0 unspecified atom stereocenters. The van der Waals surface area contributed by atoms with Crippen molar-refractivity contribution >= 4 is 33.6 Å². The van der Waals surface area contributed by atoms with Gasteiger partial charge in [0.2, 0.25) is 0 Å².